The zero-order valence-electron chi connectivity index (χ0n) is 28.1. The molecule has 0 atom stereocenters. The van der Waals surface area contributed by atoms with Crippen molar-refractivity contribution in [3.05, 3.63) is 157 Å². The van der Waals surface area contributed by atoms with Gasteiger partial charge in [0.25, 0.3) is 0 Å². The second kappa shape index (κ2) is 10.3. The van der Waals surface area contributed by atoms with Crippen molar-refractivity contribution >= 4 is 54.6 Å². The van der Waals surface area contributed by atoms with E-state index >= 15 is 0 Å². The van der Waals surface area contributed by atoms with Crippen LogP contribution in [0.2, 0.25) is 0 Å². The highest BCUT2D eigenvalue weighted by atomic mass is 16.3. The fourth-order valence-corrected chi connectivity index (χ4v) is 8.26. The lowest BCUT2D eigenvalue weighted by Gasteiger charge is -2.22. The summed E-state index contributed by atoms with van der Waals surface area (Å²) >= 11 is 0. The van der Waals surface area contributed by atoms with Gasteiger partial charge in [0.2, 0.25) is 0 Å². The van der Waals surface area contributed by atoms with Gasteiger partial charge < -0.3 is 8.83 Å². The van der Waals surface area contributed by atoms with Gasteiger partial charge in [-0.3, -0.25) is 0 Å². The minimum Gasteiger partial charge on any atom is -0.456 e. The first kappa shape index (κ1) is 28.3. The van der Waals surface area contributed by atoms with E-state index in [0.29, 0.717) is 5.82 Å². The molecular formula is C47H30N2O2. The Kier molecular flexibility index (Phi) is 5.70. The second-order valence-corrected chi connectivity index (χ2v) is 14.2. The Bertz CT molecular complexity index is 3070. The maximum Gasteiger partial charge on any atom is 0.160 e. The van der Waals surface area contributed by atoms with Crippen LogP contribution in [0.5, 0.6) is 0 Å². The molecule has 0 N–H and O–H groups in total. The smallest absolute Gasteiger partial charge is 0.160 e. The summed E-state index contributed by atoms with van der Waals surface area (Å²) in [7, 11) is 0. The first-order valence-corrected chi connectivity index (χ1v) is 17.4. The Balaban J connectivity index is 1.12. The molecule has 0 fully saturated rings. The van der Waals surface area contributed by atoms with E-state index in [0.717, 1.165) is 82.7 Å². The molecule has 0 spiro atoms. The number of hydrogen-bond acceptors (Lipinski definition) is 4. The molecule has 0 bridgehead atoms. The molecule has 0 radical (unpaired) electrons. The van der Waals surface area contributed by atoms with E-state index in [-0.39, 0.29) is 5.41 Å². The predicted molar refractivity (Wildman–Crippen MR) is 208 cm³/mol. The lowest BCUT2D eigenvalue weighted by Crippen LogP contribution is -2.14. The minimum atomic E-state index is -0.121. The Morgan fingerprint density at radius 1 is 0.431 bits per heavy atom. The van der Waals surface area contributed by atoms with Crippen LogP contribution in [0, 0.1) is 0 Å². The Morgan fingerprint density at radius 3 is 2.00 bits per heavy atom. The average molecular weight is 655 g/mol. The van der Waals surface area contributed by atoms with Crippen molar-refractivity contribution < 1.29 is 8.83 Å². The molecule has 4 nitrogen and oxygen atoms in total. The van der Waals surface area contributed by atoms with E-state index in [2.05, 4.69) is 135 Å². The number of furan rings is 2. The fourth-order valence-electron chi connectivity index (χ4n) is 8.26. The van der Waals surface area contributed by atoms with Crippen molar-refractivity contribution in [2.45, 2.75) is 19.3 Å². The zero-order chi connectivity index (χ0) is 33.8. The van der Waals surface area contributed by atoms with Gasteiger partial charge in [-0.25, -0.2) is 9.97 Å². The van der Waals surface area contributed by atoms with Gasteiger partial charge in [-0.2, -0.15) is 0 Å². The molecule has 0 unspecified atom stereocenters. The fraction of sp³-hybridized carbons (Fsp3) is 0.0638. The monoisotopic (exact) mass is 654 g/mol. The number of para-hydroxylation sites is 1. The Morgan fingerprint density at radius 2 is 1.10 bits per heavy atom. The molecule has 1 aliphatic carbocycles. The summed E-state index contributed by atoms with van der Waals surface area (Å²) in [5.41, 5.74) is 13.3. The molecule has 7 aromatic carbocycles. The van der Waals surface area contributed by atoms with Gasteiger partial charge in [0.1, 0.15) is 22.3 Å². The van der Waals surface area contributed by atoms with Crippen molar-refractivity contribution in [2.75, 3.05) is 0 Å². The molecule has 240 valence electrons. The van der Waals surface area contributed by atoms with Crippen LogP contribution >= 0.6 is 0 Å². The Labute approximate surface area is 293 Å². The van der Waals surface area contributed by atoms with Crippen molar-refractivity contribution in [1.29, 1.82) is 0 Å². The van der Waals surface area contributed by atoms with Crippen LogP contribution in [0.4, 0.5) is 0 Å². The standard InChI is InChI=1S/C47H30N2O2/c1-47(2)38-13-7-5-11-32(38)33-19-16-28(24-39(33)47)40-26-41(29-17-20-35-34-12-6-8-14-42(34)50-44(35)25-29)49-46(48-40)30-18-22-43-37(23-30)36-21-15-27-9-3-4-10-31(27)45(36)51-43/h3-26H,1-2H3. The van der Waals surface area contributed by atoms with Gasteiger partial charge in [-0.15, -0.1) is 0 Å². The van der Waals surface area contributed by atoms with Crippen molar-refractivity contribution in [3.63, 3.8) is 0 Å². The first-order chi connectivity index (χ1) is 25.0. The first-order valence-electron chi connectivity index (χ1n) is 17.4. The largest absolute Gasteiger partial charge is 0.456 e. The summed E-state index contributed by atoms with van der Waals surface area (Å²) in [5.74, 6) is 0.660. The number of rotatable bonds is 3. The number of fused-ring (bicyclic) bond motifs is 11. The Hall–Kier alpha value is -6.52. The summed E-state index contributed by atoms with van der Waals surface area (Å²) < 4.78 is 12.8. The number of hydrogen-bond donors (Lipinski definition) is 0. The van der Waals surface area contributed by atoms with Gasteiger partial charge in [-0.05, 0) is 82.2 Å². The third-order valence-electron chi connectivity index (χ3n) is 10.9. The third kappa shape index (κ3) is 4.14. The van der Waals surface area contributed by atoms with E-state index in [4.69, 9.17) is 18.8 Å². The molecule has 10 aromatic rings. The number of benzene rings is 7. The SMILES string of the molecule is CC1(C)c2ccccc2-c2ccc(-c3cc(-c4ccc5c(c4)oc4ccccc45)nc(-c4ccc5oc6c7ccccc7ccc6c5c4)n3)cc21. The predicted octanol–water partition coefficient (Wildman–Crippen LogP) is 12.7. The van der Waals surface area contributed by atoms with E-state index < -0.39 is 0 Å². The molecular weight excluding hydrogens is 625 g/mol. The number of nitrogens with zero attached hydrogens (tertiary/aromatic N) is 2. The molecule has 1 aliphatic rings. The highest BCUT2D eigenvalue weighted by molar-refractivity contribution is 6.15. The van der Waals surface area contributed by atoms with Crippen molar-refractivity contribution in [1.82, 2.24) is 9.97 Å². The summed E-state index contributed by atoms with van der Waals surface area (Å²) in [6.07, 6.45) is 0. The van der Waals surface area contributed by atoms with Crippen molar-refractivity contribution in [2.24, 2.45) is 0 Å². The molecule has 0 amide bonds. The van der Waals surface area contributed by atoms with Crippen LogP contribution in [-0.4, -0.2) is 9.97 Å². The van der Waals surface area contributed by atoms with Gasteiger partial charge >= 0.3 is 0 Å². The molecule has 0 saturated heterocycles. The topological polar surface area (TPSA) is 52.1 Å². The third-order valence-corrected chi connectivity index (χ3v) is 10.9. The van der Waals surface area contributed by atoms with E-state index in [1.807, 2.05) is 24.3 Å². The van der Waals surface area contributed by atoms with E-state index in [1.54, 1.807) is 0 Å². The highest BCUT2D eigenvalue weighted by Gasteiger charge is 2.35. The van der Waals surface area contributed by atoms with Gasteiger partial charge in [0, 0.05) is 49.0 Å². The summed E-state index contributed by atoms with van der Waals surface area (Å²) in [6, 6.07) is 51.2. The van der Waals surface area contributed by atoms with Crippen molar-refractivity contribution in [3.8, 4) is 45.0 Å². The normalized spacial score (nSPS) is 13.5. The van der Waals surface area contributed by atoms with Crippen LogP contribution in [0.3, 0.4) is 0 Å². The van der Waals surface area contributed by atoms with Crippen LogP contribution < -0.4 is 0 Å². The summed E-state index contributed by atoms with van der Waals surface area (Å²) in [5, 5.41) is 6.59. The van der Waals surface area contributed by atoms with Crippen LogP contribution in [0.1, 0.15) is 25.0 Å². The quantitative estimate of drug-likeness (QED) is 0.190. The lowest BCUT2D eigenvalue weighted by molar-refractivity contribution is 0.660. The van der Waals surface area contributed by atoms with Gasteiger partial charge in [0.05, 0.1) is 11.4 Å². The zero-order valence-corrected chi connectivity index (χ0v) is 28.1. The van der Waals surface area contributed by atoms with E-state index in [9.17, 15) is 0 Å². The maximum absolute atomic E-state index is 6.45. The molecule has 3 aromatic heterocycles. The maximum atomic E-state index is 6.45. The molecule has 4 heteroatoms. The summed E-state index contributed by atoms with van der Waals surface area (Å²) in [6.45, 7) is 4.63. The minimum absolute atomic E-state index is 0.121. The van der Waals surface area contributed by atoms with Gasteiger partial charge in [-0.1, -0.05) is 105 Å². The number of aromatic nitrogens is 2. The van der Waals surface area contributed by atoms with Crippen LogP contribution in [-0.2, 0) is 5.41 Å². The van der Waals surface area contributed by atoms with Crippen LogP contribution in [0.15, 0.2) is 154 Å². The molecule has 0 aliphatic heterocycles. The molecule has 11 rings (SSSR count). The second-order valence-electron chi connectivity index (χ2n) is 14.2. The van der Waals surface area contributed by atoms with E-state index in [1.165, 1.54) is 22.3 Å². The lowest BCUT2D eigenvalue weighted by atomic mass is 9.82. The highest BCUT2D eigenvalue weighted by Crippen LogP contribution is 2.49. The van der Waals surface area contributed by atoms with Gasteiger partial charge in [0.15, 0.2) is 5.82 Å². The average Bonchev–Trinajstić information content (AvgIpc) is 3.82. The molecule has 3 heterocycles. The van der Waals surface area contributed by atoms with Crippen LogP contribution in [0.25, 0.3) is 99.7 Å². The summed E-state index contributed by atoms with van der Waals surface area (Å²) in [4.78, 5) is 10.5. The molecule has 0 saturated carbocycles. The molecule has 51 heavy (non-hydrogen) atoms.